The molecule has 4 heteroatoms. The van der Waals surface area contributed by atoms with E-state index in [0.717, 1.165) is 10.9 Å². The van der Waals surface area contributed by atoms with Crippen LogP contribution in [0.5, 0.6) is 0 Å². The molecule has 1 heterocycles. The summed E-state index contributed by atoms with van der Waals surface area (Å²) in [6.45, 7) is 10.5. The van der Waals surface area contributed by atoms with Gasteiger partial charge in [0, 0.05) is 11.0 Å². The number of fused-ring (bicyclic) bond motifs is 1. The van der Waals surface area contributed by atoms with Gasteiger partial charge in [-0.1, -0.05) is 22.0 Å². The molecule has 0 spiro atoms. The van der Waals surface area contributed by atoms with E-state index in [0.29, 0.717) is 6.54 Å². The van der Waals surface area contributed by atoms with E-state index in [4.69, 9.17) is 4.74 Å². The van der Waals surface area contributed by atoms with E-state index in [2.05, 4.69) is 41.9 Å². The van der Waals surface area contributed by atoms with E-state index < -0.39 is 5.60 Å². The first-order valence-electron chi connectivity index (χ1n) is 6.91. The molecule has 0 unspecified atom stereocenters. The summed E-state index contributed by atoms with van der Waals surface area (Å²) in [6.07, 6.45) is 0.619. The van der Waals surface area contributed by atoms with Crippen LogP contribution >= 0.6 is 15.9 Å². The Morgan fingerprint density at radius 3 is 2.60 bits per heavy atom. The molecule has 0 fully saturated rings. The monoisotopic (exact) mass is 339 g/mol. The highest BCUT2D eigenvalue weighted by Crippen LogP contribution is 2.37. The minimum atomic E-state index is -0.465. The van der Waals surface area contributed by atoms with Gasteiger partial charge in [-0.2, -0.15) is 0 Å². The third-order valence-electron chi connectivity index (χ3n) is 3.62. The van der Waals surface area contributed by atoms with Gasteiger partial charge in [-0.05, 0) is 64.3 Å². The van der Waals surface area contributed by atoms with E-state index in [-0.39, 0.29) is 11.6 Å². The van der Waals surface area contributed by atoms with Crippen LogP contribution in [0, 0.1) is 0 Å². The Hall–Kier alpha value is -1.03. The van der Waals surface area contributed by atoms with Gasteiger partial charge >= 0.3 is 6.09 Å². The summed E-state index contributed by atoms with van der Waals surface area (Å²) in [5.74, 6) is 0. The van der Waals surface area contributed by atoms with Crippen LogP contribution in [0.15, 0.2) is 22.7 Å². The maximum Gasteiger partial charge on any atom is 0.411 e. The predicted molar refractivity (Wildman–Crippen MR) is 83.8 cm³/mol. The second-order valence-corrected chi connectivity index (χ2v) is 7.66. The van der Waals surface area contributed by atoms with Gasteiger partial charge in [0.15, 0.2) is 0 Å². The Bertz CT molecular complexity index is 532. The van der Waals surface area contributed by atoms with Crippen molar-refractivity contribution in [2.75, 3.05) is 6.54 Å². The van der Waals surface area contributed by atoms with Crippen molar-refractivity contribution in [2.24, 2.45) is 0 Å². The average Bonchev–Trinajstić information content (AvgIpc) is 2.25. The number of carbonyl (C=O) groups is 1. The summed E-state index contributed by atoms with van der Waals surface area (Å²) >= 11 is 3.51. The zero-order valence-electron chi connectivity index (χ0n) is 12.8. The van der Waals surface area contributed by atoms with Crippen molar-refractivity contribution in [3.05, 3.63) is 33.8 Å². The van der Waals surface area contributed by atoms with Crippen LogP contribution < -0.4 is 0 Å². The zero-order valence-corrected chi connectivity index (χ0v) is 14.4. The molecular weight excluding hydrogens is 318 g/mol. The van der Waals surface area contributed by atoms with Gasteiger partial charge in [0.2, 0.25) is 0 Å². The fourth-order valence-corrected chi connectivity index (χ4v) is 3.07. The molecule has 0 bridgehead atoms. The van der Waals surface area contributed by atoms with Crippen molar-refractivity contribution in [1.29, 1.82) is 0 Å². The van der Waals surface area contributed by atoms with Crippen LogP contribution in [-0.2, 0) is 16.7 Å². The highest BCUT2D eigenvalue weighted by atomic mass is 79.9. The fourth-order valence-electron chi connectivity index (χ4n) is 2.66. The number of halogens is 1. The average molecular weight is 340 g/mol. The van der Waals surface area contributed by atoms with Crippen LogP contribution in [0.3, 0.4) is 0 Å². The molecule has 20 heavy (non-hydrogen) atoms. The largest absolute Gasteiger partial charge is 0.444 e. The van der Waals surface area contributed by atoms with E-state index in [9.17, 15) is 4.79 Å². The number of amides is 1. The van der Waals surface area contributed by atoms with Crippen LogP contribution in [0.4, 0.5) is 4.79 Å². The van der Waals surface area contributed by atoms with Crippen molar-refractivity contribution in [3.63, 3.8) is 0 Å². The molecule has 1 aromatic carbocycles. The van der Waals surface area contributed by atoms with Crippen molar-refractivity contribution in [2.45, 2.75) is 52.2 Å². The summed E-state index contributed by atoms with van der Waals surface area (Å²) in [6, 6.07) is 6.26. The number of benzene rings is 1. The number of hydrogen-bond acceptors (Lipinski definition) is 2. The zero-order chi connectivity index (χ0) is 15.1. The second-order valence-electron chi connectivity index (χ2n) is 6.74. The number of carbonyl (C=O) groups excluding carboxylic acids is 1. The Kier molecular flexibility index (Phi) is 3.89. The molecule has 3 nitrogen and oxygen atoms in total. The summed E-state index contributed by atoms with van der Waals surface area (Å²) in [5, 5.41) is 0. The van der Waals surface area contributed by atoms with Crippen LogP contribution in [-0.4, -0.2) is 23.1 Å². The third-order valence-corrected chi connectivity index (χ3v) is 4.11. The van der Waals surface area contributed by atoms with Gasteiger partial charge in [0.1, 0.15) is 5.60 Å². The lowest BCUT2D eigenvalue weighted by Gasteiger charge is -2.44. The molecule has 0 aliphatic carbocycles. The summed E-state index contributed by atoms with van der Waals surface area (Å²) < 4.78 is 6.61. The number of rotatable bonds is 0. The maximum absolute atomic E-state index is 12.4. The Morgan fingerprint density at radius 2 is 2.00 bits per heavy atom. The number of nitrogens with zero attached hydrogens (tertiary/aromatic N) is 1. The van der Waals surface area contributed by atoms with Crippen molar-refractivity contribution >= 4 is 22.0 Å². The van der Waals surface area contributed by atoms with Gasteiger partial charge < -0.3 is 4.74 Å². The van der Waals surface area contributed by atoms with Gasteiger partial charge in [0.25, 0.3) is 0 Å². The van der Waals surface area contributed by atoms with E-state index in [1.54, 1.807) is 0 Å². The third kappa shape index (κ3) is 3.00. The molecule has 1 amide bonds. The Labute approximate surface area is 129 Å². The van der Waals surface area contributed by atoms with Crippen molar-refractivity contribution in [1.82, 2.24) is 4.90 Å². The molecule has 1 aliphatic heterocycles. The van der Waals surface area contributed by atoms with E-state index in [1.807, 2.05) is 31.7 Å². The summed E-state index contributed by atoms with van der Waals surface area (Å²) in [7, 11) is 0. The lowest BCUT2D eigenvalue weighted by atomic mass is 9.84. The first-order chi connectivity index (χ1) is 9.11. The predicted octanol–water partition coefficient (Wildman–Crippen LogP) is 4.48. The Morgan fingerprint density at radius 1 is 1.35 bits per heavy atom. The van der Waals surface area contributed by atoms with E-state index >= 15 is 0 Å². The minimum Gasteiger partial charge on any atom is -0.444 e. The minimum absolute atomic E-state index is 0.240. The van der Waals surface area contributed by atoms with Crippen molar-refractivity contribution < 1.29 is 9.53 Å². The second kappa shape index (κ2) is 5.06. The van der Waals surface area contributed by atoms with Gasteiger partial charge in [0.05, 0.1) is 5.54 Å². The van der Waals surface area contributed by atoms with Gasteiger partial charge in [-0.15, -0.1) is 0 Å². The number of hydrogen-bond donors (Lipinski definition) is 0. The summed E-state index contributed by atoms with van der Waals surface area (Å²) in [4.78, 5) is 14.2. The lowest BCUT2D eigenvalue weighted by molar-refractivity contribution is -0.000311. The first kappa shape index (κ1) is 15.4. The van der Waals surface area contributed by atoms with E-state index in [1.165, 1.54) is 11.1 Å². The topological polar surface area (TPSA) is 29.5 Å². The molecule has 0 radical (unpaired) electrons. The molecular formula is C16H22BrNO2. The van der Waals surface area contributed by atoms with Crippen molar-refractivity contribution in [3.8, 4) is 0 Å². The first-order valence-corrected chi connectivity index (χ1v) is 7.70. The van der Waals surface area contributed by atoms with Gasteiger partial charge in [-0.25, -0.2) is 4.79 Å². The van der Waals surface area contributed by atoms with Crippen LogP contribution in [0.25, 0.3) is 0 Å². The molecule has 1 aliphatic rings. The molecule has 0 saturated carbocycles. The Balaban J connectivity index is 2.31. The lowest BCUT2D eigenvalue weighted by Crippen LogP contribution is -2.51. The smallest absolute Gasteiger partial charge is 0.411 e. The quantitative estimate of drug-likeness (QED) is 0.697. The standard InChI is InChI=1S/C16H22BrNO2/c1-15(2,3)20-14(19)18-9-8-11-10-12(17)6-7-13(11)16(18,4)5/h6-7,10H,8-9H2,1-5H3. The van der Waals surface area contributed by atoms with Crippen LogP contribution in [0.2, 0.25) is 0 Å². The normalized spacial score (nSPS) is 17.6. The highest BCUT2D eigenvalue weighted by molar-refractivity contribution is 9.10. The molecule has 2 rings (SSSR count). The highest BCUT2D eigenvalue weighted by Gasteiger charge is 2.39. The molecule has 0 atom stereocenters. The van der Waals surface area contributed by atoms with Gasteiger partial charge in [-0.3, -0.25) is 4.90 Å². The molecule has 110 valence electrons. The molecule has 0 saturated heterocycles. The molecule has 0 N–H and O–H groups in total. The number of ether oxygens (including phenoxy) is 1. The molecule has 1 aromatic rings. The fraction of sp³-hybridized carbons (Fsp3) is 0.562. The molecule has 0 aromatic heterocycles. The SMILES string of the molecule is CC(C)(C)OC(=O)N1CCc2cc(Br)ccc2C1(C)C. The maximum atomic E-state index is 12.4. The summed E-state index contributed by atoms with van der Waals surface area (Å²) in [5.41, 5.74) is 1.67. The van der Waals surface area contributed by atoms with Crippen LogP contribution in [0.1, 0.15) is 45.7 Å².